The molecule has 14 heteroatoms. The maximum atomic E-state index is 12.4. The zero-order chi connectivity index (χ0) is 24.8. The van der Waals surface area contributed by atoms with Crippen LogP contribution in [0, 0.1) is 0 Å². The van der Waals surface area contributed by atoms with Crippen molar-refractivity contribution in [3.05, 3.63) is 52.0 Å². The number of aliphatic hydroxyl groups is 1. The van der Waals surface area contributed by atoms with E-state index in [0.29, 0.717) is 30.9 Å². The van der Waals surface area contributed by atoms with Crippen LogP contribution >= 0.6 is 0 Å². The molecule has 1 aliphatic rings. The van der Waals surface area contributed by atoms with Gasteiger partial charge in [0, 0.05) is 30.8 Å². The van der Waals surface area contributed by atoms with Crippen LogP contribution in [-0.4, -0.2) is 68.3 Å². The molecule has 1 aromatic heterocycles. The van der Waals surface area contributed by atoms with Crippen LogP contribution < -0.4 is 32.6 Å². The second kappa shape index (κ2) is 10.2. The van der Waals surface area contributed by atoms with E-state index in [1.165, 1.54) is 12.1 Å². The molecule has 2 aromatic rings. The van der Waals surface area contributed by atoms with Crippen LogP contribution in [0.1, 0.15) is 16.8 Å². The SMILES string of the molecule is Nc1nc2c(c(=O)[nH]1)NC(CNc1ccc(C(=O)N[C@@H](CC(=CO)C(=O)O)C(=O)O)cc1)CN2. The van der Waals surface area contributed by atoms with Crippen molar-refractivity contribution in [1.29, 1.82) is 0 Å². The highest BCUT2D eigenvalue weighted by Gasteiger charge is 2.25. The number of nitrogens with two attached hydrogens (primary N) is 1. The van der Waals surface area contributed by atoms with Gasteiger partial charge < -0.3 is 42.3 Å². The number of hydrogen-bond donors (Lipinski definition) is 9. The summed E-state index contributed by atoms with van der Waals surface area (Å²) in [6.07, 6.45) is -0.300. The number of benzene rings is 1. The highest BCUT2D eigenvalue weighted by molar-refractivity contribution is 5.97. The van der Waals surface area contributed by atoms with Crippen LogP contribution in [0.5, 0.6) is 0 Å². The predicted octanol–water partition coefficient (Wildman–Crippen LogP) is -0.230. The van der Waals surface area contributed by atoms with Crippen LogP contribution in [0.4, 0.5) is 23.1 Å². The van der Waals surface area contributed by atoms with Gasteiger partial charge >= 0.3 is 11.9 Å². The smallest absolute Gasteiger partial charge is 0.334 e. The summed E-state index contributed by atoms with van der Waals surface area (Å²) in [5.74, 6) is -3.27. The first-order valence-electron chi connectivity index (χ1n) is 10.0. The first-order valence-corrected chi connectivity index (χ1v) is 10.0. The zero-order valence-electron chi connectivity index (χ0n) is 17.7. The van der Waals surface area contributed by atoms with Gasteiger partial charge in [-0.1, -0.05) is 0 Å². The van der Waals surface area contributed by atoms with E-state index in [4.69, 9.17) is 15.9 Å². The molecule has 10 N–H and O–H groups in total. The molecule has 0 aliphatic carbocycles. The number of anilines is 4. The van der Waals surface area contributed by atoms with Gasteiger partial charge in [-0.2, -0.15) is 4.98 Å². The third kappa shape index (κ3) is 5.73. The van der Waals surface area contributed by atoms with E-state index in [1.807, 2.05) is 0 Å². The number of rotatable bonds is 9. The summed E-state index contributed by atoms with van der Waals surface area (Å²) in [5.41, 5.74) is 5.69. The number of fused-ring (bicyclic) bond motifs is 1. The van der Waals surface area contributed by atoms with Crippen LogP contribution in [0.15, 0.2) is 40.9 Å². The lowest BCUT2D eigenvalue weighted by Gasteiger charge is -2.27. The Morgan fingerprint density at radius 2 is 1.94 bits per heavy atom. The molecule has 2 atom stereocenters. The van der Waals surface area contributed by atoms with Crippen molar-refractivity contribution in [2.45, 2.75) is 18.5 Å². The molecule has 1 unspecified atom stereocenters. The average Bonchev–Trinajstić information content (AvgIpc) is 2.80. The molecule has 34 heavy (non-hydrogen) atoms. The third-order valence-electron chi connectivity index (χ3n) is 4.96. The highest BCUT2D eigenvalue weighted by atomic mass is 16.4. The fraction of sp³-hybridized carbons (Fsp3) is 0.250. The van der Waals surface area contributed by atoms with Gasteiger partial charge in [0.15, 0.2) is 5.82 Å². The van der Waals surface area contributed by atoms with E-state index >= 15 is 0 Å². The molecule has 180 valence electrons. The minimum Gasteiger partial charge on any atom is -0.515 e. The molecule has 14 nitrogen and oxygen atoms in total. The summed E-state index contributed by atoms with van der Waals surface area (Å²) < 4.78 is 0. The van der Waals surface area contributed by atoms with E-state index in [-0.39, 0.29) is 28.8 Å². The second-order valence-corrected chi connectivity index (χ2v) is 7.38. The number of aromatic amines is 1. The molecule has 0 spiro atoms. The van der Waals surface area contributed by atoms with Gasteiger partial charge in [0.2, 0.25) is 5.95 Å². The Kier molecular flexibility index (Phi) is 7.20. The number of carbonyl (C=O) groups excluding carboxylic acids is 1. The molecular formula is C20H23N7O7. The van der Waals surface area contributed by atoms with Crippen LogP contribution in [-0.2, 0) is 9.59 Å². The number of H-pyrrole nitrogens is 1. The molecule has 1 aliphatic heterocycles. The van der Waals surface area contributed by atoms with Crippen molar-refractivity contribution < 1.29 is 29.7 Å². The Morgan fingerprint density at radius 1 is 1.24 bits per heavy atom. The Hall–Kier alpha value is -4.75. The average molecular weight is 473 g/mol. The van der Waals surface area contributed by atoms with Crippen LogP contribution in [0.25, 0.3) is 0 Å². The minimum absolute atomic E-state index is 0.0145. The predicted molar refractivity (Wildman–Crippen MR) is 122 cm³/mol. The zero-order valence-corrected chi connectivity index (χ0v) is 17.7. The quantitative estimate of drug-likeness (QED) is 0.170. The number of nitrogens with one attached hydrogen (secondary N) is 5. The third-order valence-corrected chi connectivity index (χ3v) is 4.96. The number of nitrogen functional groups attached to an aromatic ring is 1. The lowest BCUT2D eigenvalue weighted by atomic mass is 10.1. The standard InChI is InChI=1S/C20H23N7O7/c21-20-26-15-14(17(30)27-20)24-12(7-23-15)6-22-11-3-1-9(2-4-11)16(29)25-13(19(33)34)5-10(8-28)18(31)32/h1-4,8,12-13,22,24,28H,5-7H2,(H,25,29)(H,31,32)(H,33,34)(H4,21,23,26,27,30)/t12?,13-/m0/s1. The van der Waals surface area contributed by atoms with Crippen LogP contribution in [0.2, 0.25) is 0 Å². The summed E-state index contributed by atoms with van der Waals surface area (Å²) >= 11 is 0. The van der Waals surface area contributed by atoms with Crippen LogP contribution in [0.3, 0.4) is 0 Å². The molecule has 2 heterocycles. The van der Waals surface area contributed by atoms with Gasteiger partial charge in [0.1, 0.15) is 11.7 Å². The van der Waals surface area contributed by atoms with Crippen molar-refractivity contribution in [1.82, 2.24) is 15.3 Å². The monoisotopic (exact) mass is 473 g/mol. The molecule has 3 rings (SSSR count). The Balaban J connectivity index is 1.57. The van der Waals surface area contributed by atoms with E-state index in [1.54, 1.807) is 12.1 Å². The normalized spacial score (nSPS) is 15.8. The van der Waals surface area contributed by atoms with Gasteiger partial charge in [-0.25, -0.2) is 9.59 Å². The summed E-state index contributed by atoms with van der Waals surface area (Å²) in [5, 5.41) is 38.6. The lowest BCUT2D eigenvalue weighted by Crippen LogP contribution is -2.41. The Bertz CT molecular complexity index is 1180. The molecule has 0 bridgehead atoms. The first kappa shape index (κ1) is 23.9. The molecule has 0 saturated heterocycles. The molecular weight excluding hydrogens is 450 g/mol. The first-order chi connectivity index (χ1) is 16.2. The largest absolute Gasteiger partial charge is 0.515 e. The van der Waals surface area contributed by atoms with Crippen molar-refractivity contribution in [3.63, 3.8) is 0 Å². The number of aromatic nitrogens is 2. The number of nitrogens with zero attached hydrogens (tertiary/aromatic N) is 1. The maximum Gasteiger partial charge on any atom is 0.334 e. The Morgan fingerprint density at radius 3 is 2.56 bits per heavy atom. The molecule has 1 aromatic carbocycles. The van der Waals surface area contributed by atoms with Gasteiger partial charge in [0.05, 0.1) is 17.9 Å². The van der Waals surface area contributed by atoms with E-state index in [0.717, 1.165) is 0 Å². The summed E-state index contributed by atoms with van der Waals surface area (Å²) in [7, 11) is 0. The number of carbonyl (C=O) groups is 3. The van der Waals surface area contributed by atoms with Crippen molar-refractivity contribution in [2.24, 2.45) is 0 Å². The molecule has 0 fully saturated rings. The number of hydrogen-bond acceptors (Lipinski definition) is 10. The van der Waals surface area contributed by atoms with Crippen molar-refractivity contribution >= 4 is 41.0 Å². The minimum atomic E-state index is -1.54. The van der Waals surface area contributed by atoms with Gasteiger partial charge in [-0.3, -0.25) is 14.6 Å². The van der Waals surface area contributed by atoms with Gasteiger partial charge in [-0.05, 0) is 24.3 Å². The Labute approximate surface area is 191 Å². The molecule has 0 radical (unpaired) electrons. The maximum absolute atomic E-state index is 12.4. The topological polar surface area (TPSA) is 232 Å². The summed E-state index contributed by atoms with van der Waals surface area (Å²) in [6, 6.07) is 4.47. The van der Waals surface area contributed by atoms with Gasteiger partial charge in [-0.15, -0.1) is 0 Å². The fourth-order valence-corrected chi connectivity index (χ4v) is 3.19. The number of carboxylic acid groups (broad SMARTS) is 2. The summed E-state index contributed by atoms with van der Waals surface area (Å²) in [4.78, 5) is 53.2. The fourth-order valence-electron chi connectivity index (χ4n) is 3.19. The second-order valence-electron chi connectivity index (χ2n) is 7.38. The van der Waals surface area contributed by atoms with Gasteiger partial charge in [0.25, 0.3) is 11.5 Å². The lowest BCUT2D eigenvalue weighted by molar-refractivity contribution is -0.139. The van der Waals surface area contributed by atoms with E-state index in [2.05, 4.69) is 31.2 Å². The van der Waals surface area contributed by atoms with E-state index < -0.39 is 35.9 Å². The van der Waals surface area contributed by atoms with Crippen molar-refractivity contribution in [2.75, 3.05) is 34.8 Å². The summed E-state index contributed by atoms with van der Waals surface area (Å²) in [6.45, 7) is 0.905. The van der Waals surface area contributed by atoms with E-state index in [9.17, 15) is 24.3 Å². The molecule has 1 amide bonds. The number of amides is 1. The van der Waals surface area contributed by atoms with Crippen molar-refractivity contribution in [3.8, 4) is 0 Å². The number of aliphatic hydroxyl groups excluding tert-OH is 1. The molecule has 0 saturated carbocycles. The highest BCUT2D eigenvalue weighted by Crippen LogP contribution is 2.20. The number of carboxylic acids is 2. The number of aliphatic carboxylic acids is 2.